The molecule has 8 heteroatoms. The Morgan fingerprint density at radius 1 is 1.03 bits per heavy atom. The van der Waals surface area contributed by atoms with E-state index >= 15 is 0 Å². The maximum atomic E-state index is 13.7. The van der Waals surface area contributed by atoms with Gasteiger partial charge in [0, 0.05) is 30.8 Å². The van der Waals surface area contributed by atoms with Crippen molar-refractivity contribution in [3.05, 3.63) is 60.2 Å². The maximum absolute atomic E-state index is 13.7. The van der Waals surface area contributed by atoms with E-state index in [9.17, 15) is 24.3 Å². The number of aliphatic carboxylic acids is 1. The summed E-state index contributed by atoms with van der Waals surface area (Å²) < 4.78 is 0. The van der Waals surface area contributed by atoms with Crippen LogP contribution in [-0.4, -0.2) is 41.9 Å². The van der Waals surface area contributed by atoms with Crippen molar-refractivity contribution in [2.45, 2.75) is 24.4 Å². The lowest BCUT2D eigenvalue weighted by atomic mass is 9.76. The number of hydrogen-bond donors (Lipinski definition) is 2. The number of carboxylic acids is 1. The molecule has 3 amide bonds. The van der Waals surface area contributed by atoms with Gasteiger partial charge in [0.25, 0.3) is 5.91 Å². The van der Waals surface area contributed by atoms with E-state index in [0.29, 0.717) is 16.9 Å². The normalized spacial score (nSPS) is 29.1. The number of para-hydroxylation sites is 2. The van der Waals surface area contributed by atoms with Crippen LogP contribution in [0.3, 0.4) is 0 Å². The highest BCUT2D eigenvalue weighted by atomic mass is 16.4. The molecule has 4 atom stereocenters. The van der Waals surface area contributed by atoms with Crippen molar-refractivity contribution >= 4 is 35.1 Å². The second kappa shape index (κ2) is 6.75. The van der Waals surface area contributed by atoms with Crippen LogP contribution in [0.2, 0.25) is 0 Å². The number of imide groups is 1. The van der Waals surface area contributed by atoms with Gasteiger partial charge in [-0.25, -0.2) is 4.90 Å². The number of amides is 3. The molecular weight excluding hydrogens is 398 g/mol. The summed E-state index contributed by atoms with van der Waals surface area (Å²) in [6.07, 6.45) is -0.0332. The van der Waals surface area contributed by atoms with E-state index in [2.05, 4.69) is 5.32 Å². The minimum atomic E-state index is -1.39. The second-order valence-electron chi connectivity index (χ2n) is 8.22. The molecule has 8 nitrogen and oxygen atoms in total. The molecule has 3 aliphatic rings. The highest BCUT2D eigenvalue weighted by Crippen LogP contribution is 2.55. The van der Waals surface area contributed by atoms with Crippen LogP contribution in [0, 0.1) is 11.8 Å². The molecule has 5 rings (SSSR count). The summed E-state index contributed by atoms with van der Waals surface area (Å²) in [6.45, 7) is 0. The third-order valence-electron chi connectivity index (χ3n) is 6.68. The summed E-state index contributed by atoms with van der Waals surface area (Å²) >= 11 is 0. The second-order valence-corrected chi connectivity index (χ2v) is 8.22. The molecular formula is C23H21N3O5. The first-order valence-electron chi connectivity index (χ1n) is 10.2. The van der Waals surface area contributed by atoms with Crippen LogP contribution in [0.15, 0.2) is 54.6 Å². The highest BCUT2D eigenvalue weighted by molar-refractivity contribution is 6.26. The summed E-state index contributed by atoms with van der Waals surface area (Å²) in [5.74, 6) is -3.91. The van der Waals surface area contributed by atoms with Crippen LogP contribution in [-0.2, 0) is 24.7 Å². The first-order valence-corrected chi connectivity index (χ1v) is 10.2. The third-order valence-corrected chi connectivity index (χ3v) is 6.68. The number of nitrogens with zero attached hydrogens (tertiary/aromatic N) is 2. The highest BCUT2D eigenvalue weighted by Gasteiger charge is 2.71. The minimum Gasteiger partial charge on any atom is -0.481 e. The van der Waals surface area contributed by atoms with E-state index in [0.717, 1.165) is 4.90 Å². The molecule has 2 fully saturated rings. The fourth-order valence-electron chi connectivity index (χ4n) is 5.41. The summed E-state index contributed by atoms with van der Waals surface area (Å²) in [6, 6.07) is 15.2. The first kappa shape index (κ1) is 19.4. The standard InChI is InChI=1S/C23H21N3O5/c1-25-16-10-6-5-9-14(16)23(22(25)31)19-18(15(24-23)11-12-17(27)28)20(29)26(21(19)30)13-7-3-2-4-8-13/h2-10,15,18-19,24H,11-12H2,1H3,(H,27,28). The Kier molecular flexibility index (Phi) is 4.23. The molecule has 2 N–H and O–H groups in total. The molecule has 0 radical (unpaired) electrons. The van der Waals surface area contributed by atoms with Crippen LogP contribution in [0.4, 0.5) is 11.4 Å². The van der Waals surface area contributed by atoms with Crippen LogP contribution in [0.1, 0.15) is 18.4 Å². The van der Waals surface area contributed by atoms with Crippen LogP contribution >= 0.6 is 0 Å². The molecule has 0 aliphatic carbocycles. The van der Waals surface area contributed by atoms with Gasteiger partial charge in [-0.05, 0) is 24.6 Å². The van der Waals surface area contributed by atoms with Gasteiger partial charge in [-0.15, -0.1) is 0 Å². The number of anilines is 2. The minimum absolute atomic E-state index is 0.138. The SMILES string of the molecule is CN1C(=O)C2(NC(CCC(=O)O)C3C(=O)N(c4ccccc4)C(=O)C32)c2ccccc21. The molecule has 0 aromatic heterocycles. The van der Waals surface area contributed by atoms with Crippen molar-refractivity contribution < 1.29 is 24.3 Å². The summed E-state index contributed by atoms with van der Waals surface area (Å²) in [5.41, 5.74) is 0.378. The first-order chi connectivity index (χ1) is 14.9. The molecule has 2 saturated heterocycles. The lowest BCUT2D eigenvalue weighted by Crippen LogP contribution is -2.54. The fourth-order valence-corrected chi connectivity index (χ4v) is 5.41. The van der Waals surface area contributed by atoms with E-state index in [1.165, 1.54) is 4.90 Å². The van der Waals surface area contributed by atoms with Crippen LogP contribution in [0.25, 0.3) is 0 Å². The zero-order valence-electron chi connectivity index (χ0n) is 16.8. The zero-order valence-corrected chi connectivity index (χ0v) is 16.8. The smallest absolute Gasteiger partial charge is 0.303 e. The number of carbonyl (C=O) groups excluding carboxylic acids is 3. The molecule has 1 spiro atoms. The van der Waals surface area contributed by atoms with Gasteiger partial charge < -0.3 is 10.0 Å². The number of fused-ring (bicyclic) bond motifs is 4. The molecule has 2 aromatic rings. The number of nitrogens with one attached hydrogen (secondary N) is 1. The number of rotatable bonds is 4. The molecule has 4 unspecified atom stereocenters. The molecule has 3 aliphatic heterocycles. The Morgan fingerprint density at radius 3 is 2.42 bits per heavy atom. The van der Waals surface area contributed by atoms with E-state index in [-0.39, 0.29) is 18.7 Å². The Labute approximate surface area is 178 Å². The Hall–Kier alpha value is -3.52. The fraction of sp³-hybridized carbons (Fsp3) is 0.304. The lowest BCUT2D eigenvalue weighted by Gasteiger charge is -2.30. The molecule has 3 heterocycles. The van der Waals surface area contributed by atoms with E-state index in [4.69, 9.17) is 0 Å². The van der Waals surface area contributed by atoms with Gasteiger partial charge >= 0.3 is 5.97 Å². The van der Waals surface area contributed by atoms with Crippen molar-refractivity contribution in [1.29, 1.82) is 0 Å². The topological polar surface area (TPSA) is 107 Å². The average molecular weight is 419 g/mol. The van der Waals surface area contributed by atoms with Gasteiger partial charge in [0.1, 0.15) is 5.54 Å². The van der Waals surface area contributed by atoms with Crippen LogP contribution < -0.4 is 15.1 Å². The summed E-state index contributed by atoms with van der Waals surface area (Å²) in [5, 5.41) is 12.5. The van der Waals surface area contributed by atoms with E-state index in [1.807, 2.05) is 6.07 Å². The summed E-state index contributed by atoms with van der Waals surface area (Å²) in [7, 11) is 1.65. The van der Waals surface area contributed by atoms with E-state index in [1.54, 1.807) is 55.6 Å². The quantitative estimate of drug-likeness (QED) is 0.728. The average Bonchev–Trinajstić information content (AvgIpc) is 3.32. The van der Waals surface area contributed by atoms with Crippen molar-refractivity contribution in [1.82, 2.24) is 5.32 Å². The third kappa shape index (κ3) is 2.51. The van der Waals surface area contributed by atoms with Crippen LogP contribution in [0.5, 0.6) is 0 Å². The van der Waals surface area contributed by atoms with Gasteiger partial charge in [-0.3, -0.25) is 24.5 Å². The molecule has 2 aromatic carbocycles. The van der Waals surface area contributed by atoms with Gasteiger partial charge in [-0.2, -0.15) is 0 Å². The maximum Gasteiger partial charge on any atom is 0.303 e. The van der Waals surface area contributed by atoms with Crippen molar-refractivity contribution in [2.24, 2.45) is 11.8 Å². The number of hydrogen-bond acceptors (Lipinski definition) is 5. The Balaban J connectivity index is 1.67. The Morgan fingerprint density at radius 2 is 1.71 bits per heavy atom. The van der Waals surface area contributed by atoms with Gasteiger partial charge in [0.2, 0.25) is 11.8 Å². The van der Waals surface area contributed by atoms with Gasteiger partial charge in [-0.1, -0.05) is 36.4 Å². The zero-order chi connectivity index (χ0) is 21.9. The molecule has 0 saturated carbocycles. The molecule has 0 bridgehead atoms. The van der Waals surface area contributed by atoms with Crippen molar-refractivity contribution in [2.75, 3.05) is 16.8 Å². The predicted octanol–water partition coefficient (Wildman–Crippen LogP) is 1.50. The van der Waals surface area contributed by atoms with Gasteiger partial charge in [0.15, 0.2) is 0 Å². The Bertz CT molecular complexity index is 1120. The van der Waals surface area contributed by atoms with Crippen molar-refractivity contribution in [3.63, 3.8) is 0 Å². The number of carboxylic acid groups (broad SMARTS) is 1. The number of likely N-dealkylation sites (N-methyl/N-ethyl adjacent to an activating group) is 1. The molecule has 31 heavy (non-hydrogen) atoms. The largest absolute Gasteiger partial charge is 0.481 e. The van der Waals surface area contributed by atoms with Crippen molar-refractivity contribution in [3.8, 4) is 0 Å². The number of carbonyl (C=O) groups is 4. The monoisotopic (exact) mass is 419 g/mol. The predicted molar refractivity (Wildman–Crippen MR) is 111 cm³/mol. The molecule has 158 valence electrons. The number of benzene rings is 2. The van der Waals surface area contributed by atoms with E-state index < -0.39 is 41.2 Å². The summed E-state index contributed by atoms with van der Waals surface area (Å²) in [4.78, 5) is 54.6. The van der Waals surface area contributed by atoms with Gasteiger partial charge in [0.05, 0.1) is 17.5 Å². The lowest BCUT2D eigenvalue weighted by molar-refractivity contribution is -0.137.